The average molecular weight is 257 g/mol. The largest absolute Gasteiger partial charge is 0.493 e. The van der Waals surface area contributed by atoms with Crippen molar-refractivity contribution in [3.63, 3.8) is 0 Å². The minimum atomic E-state index is -0.0551. The quantitative estimate of drug-likeness (QED) is 0.278. The summed E-state index contributed by atoms with van der Waals surface area (Å²) in [6, 6.07) is 3.09. The molecule has 0 aromatic heterocycles. The van der Waals surface area contributed by atoms with Crippen molar-refractivity contribution in [2.45, 2.75) is 0 Å². The third-order valence-corrected chi connectivity index (χ3v) is 2.26. The second-order valence-electron chi connectivity index (χ2n) is 3.07. The van der Waals surface area contributed by atoms with Gasteiger partial charge in [0.05, 0.1) is 12.1 Å². The van der Waals surface area contributed by atoms with Crippen LogP contribution in [-0.2, 0) is 0 Å². The van der Waals surface area contributed by atoms with Gasteiger partial charge in [-0.15, -0.1) is 0 Å². The lowest BCUT2D eigenvalue weighted by molar-refractivity contribution is 0.318. The van der Waals surface area contributed by atoms with Crippen molar-refractivity contribution in [2.75, 3.05) is 13.7 Å². The zero-order chi connectivity index (χ0) is 12.8. The molecule has 17 heavy (non-hydrogen) atoms. The molecule has 0 fully saturated rings. The van der Waals surface area contributed by atoms with Crippen LogP contribution >= 0.6 is 11.6 Å². The van der Waals surface area contributed by atoms with Crippen LogP contribution in [0.1, 0.15) is 5.56 Å². The highest BCUT2D eigenvalue weighted by Gasteiger charge is 2.13. The number of benzene rings is 1. The number of ether oxygens (including phenoxy) is 2. The van der Waals surface area contributed by atoms with Gasteiger partial charge in [0.2, 0.25) is 0 Å². The summed E-state index contributed by atoms with van der Waals surface area (Å²) in [7, 11) is 1.47. The van der Waals surface area contributed by atoms with Gasteiger partial charge in [-0.25, -0.2) is 0 Å². The number of halogens is 1. The molecular weight excluding hydrogens is 244 g/mol. The second kappa shape index (κ2) is 6.00. The van der Waals surface area contributed by atoms with Crippen molar-refractivity contribution in [2.24, 2.45) is 10.9 Å². The molecule has 0 aliphatic heterocycles. The van der Waals surface area contributed by atoms with E-state index in [0.717, 1.165) is 0 Å². The zero-order valence-electron chi connectivity index (χ0n) is 9.31. The van der Waals surface area contributed by atoms with E-state index in [1.807, 2.05) is 0 Å². The molecule has 92 valence electrons. The summed E-state index contributed by atoms with van der Waals surface area (Å²) in [6.45, 7) is 3.84. The summed E-state index contributed by atoms with van der Waals surface area (Å²) in [4.78, 5) is 0. The number of nitrogens with zero attached hydrogens (tertiary/aromatic N) is 1. The SMILES string of the molecule is C=CCOc1c(Cl)cc(/C(N)=N/O)cc1OC. The highest BCUT2D eigenvalue weighted by Crippen LogP contribution is 2.36. The maximum absolute atomic E-state index is 8.59. The van der Waals surface area contributed by atoms with Crippen LogP contribution in [0.3, 0.4) is 0 Å². The summed E-state index contributed by atoms with van der Waals surface area (Å²) in [5, 5.41) is 11.8. The summed E-state index contributed by atoms with van der Waals surface area (Å²) in [5.41, 5.74) is 5.91. The van der Waals surface area contributed by atoms with Gasteiger partial charge in [0.25, 0.3) is 0 Å². The van der Waals surface area contributed by atoms with Crippen LogP contribution in [0.2, 0.25) is 5.02 Å². The standard InChI is InChI=1S/C11H13ClN2O3/c1-3-4-17-10-8(12)5-7(11(13)14-15)6-9(10)16-2/h3,5-6,15H,1,4H2,2H3,(H2,13,14). The van der Waals surface area contributed by atoms with Crippen molar-refractivity contribution in [1.29, 1.82) is 0 Å². The molecule has 1 rings (SSSR count). The van der Waals surface area contributed by atoms with E-state index in [-0.39, 0.29) is 5.84 Å². The lowest BCUT2D eigenvalue weighted by Gasteiger charge is -2.12. The minimum Gasteiger partial charge on any atom is -0.493 e. The summed E-state index contributed by atoms with van der Waals surface area (Å²) in [5.74, 6) is 0.741. The molecule has 0 spiro atoms. The molecule has 0 aliphatic rings. The molecule has 5 nitrogen and oxygen atoms in total. The van der Waals surface area contributed by atoms with E-state index in [0.29, 0.717) is 28.7 Å². The number of nitrogens with two attached hydrogens (primary N) is 1. The Balaban J connectivity index is 3.20. The molecule has 0 bridgehead atoms. The first-order chi connectivity index (χ1) is 8.13. The first-order valence-electron chi connectivity index (χ1n) is 4.73. The van der Waals surface area contributed by atoms with E-state index in [1.165, 1.54) is 13.2 Å². The molecule has 0 saturated heterocycles. The molecule has 3 N–H and O–H groups in total. The van der Waals surface area contributed by atoms with E-state index in [9.17, 15) is 0 Å². The van der Waals surface area contributed by atoms with Crippen LogP contribution in [0.15, 0.2) is 29.9 Å². The number of amidine groups is 1. The topological polar surface area (TPSA) is 77.1 Å². The van der Waals surface area contributed by atoms with Gasteiger partial charge >= 0.3 is 0 Å². The van der Waals surface area contributed by atoms with Crippen molar-refractivity contribution in [1.82, 2.24) is 0 Å². The summed E-state index contributed by atoms with van der Waals surface area (Å²) >= 11 is 6.02. The Kier molecular flexibility index (Phi) is 4.66. The fraction of sp³-hybridized carbons (Fsp3) is 0.182. The zero-order valence-corrected chi connectivity index (χ0v) is 10.1. The fourth-order valence-corrected chi connectivity index (χ4v) is 1.47. The normalized spacial score (nSPS) is 11.1. The molecule has 0 aliphatic carbocycles. The Bertz CT molecular complexity index is 447. The van der Waals surface area contributed by atoms with Gasteiger partial charge < -0.3 is 20.4 Å². The third kappa shape index (κ3) is 3.04. The lowest BCUT2D eigenvalue weighted by Crippen LogP contribution is -2.13. The number of methoxy groups -OCH3 is 1. The molecule has 0 radical (unpaired) electrons. The first kappa shape index (κ1) is 13.2. The Morgan fingerprint density at radius 3 is 2.88 bits per heavy atom. The van der Waals surface area contributed by atoms with Gasteiger partial charge in [-0.05, 0) is 12.1 Å². The molecule has 0 saturated carbocycles. The van der Waals surface area contributed by atoms with Crippen molar-refractivity contribution < 1.29 is 14.7 Å². The lowest BCUT2D eigenvalue weighted by atomic mass is 10.2. The van der Waals surface area contributed by atoms with Gasteiger partial charge in [-0.2, -0.15) is 0 Å². The van der Waals surface area contributed by atoms with Gasteiger partial charge in [0.15, 0.2) is 17.3 Å². The van der Waals surface area contributed by atoms with Crippen LogP contribution in [0.5, 0.6) is 11.5 Å². The van der Waals surface area contributed by atoms with Crippen LogP contribution in [0.4, 0.5) is 0 Å². The Morgan fingerprint density at radius 2 is 2.35 bits per heavy atom. The predicted molar refractivity (Wildman–Crippen MR) is 66.2 cm³/mol. The third-order valence-electron chi connectivity index (χ3n) is 1.98. The van der Waals surface area contributed by atoms with Crippen molar-refractivity contribution in [3.8, 4) is 11.5 Å². The number of hydrogen-bond donors (Lipinski definition) is 2. The number of oxime groups is 1. The van der Waals surface area contributed by atoms with Gasteiger partial charge in [-0.1, -0.05) is 29.4 Å². The molecule has 0 atom stereocenters. The minimum absolute atomic E-state index is 0.0551. The Hall–Kier alpha value is -1.88. The van der Waals surface area contributed by atoms with E-state index in [1.54, 1.807) is 12.1 Å². The molecule has 1 aromatic carbocycles. The smallest absolute Gasteiger partial charge is 0.180 e. The van der Waals surface area contributed by atoms with Crippen LogP contribution in [0, 0.1) is 0 Å². The monoisotopic (exact) mass is 256 g/mol. The van der Waals surface area contributed by atoms with Crippen LogP contribution in [0.25, 0.3) is 0 Å². The highest BCUT2D eigenvalue weighted by molar-refractivity contribution is 6.32. The summed E-state index contributed by atoms with van der Waals surface area (Å²) in [6.07, 6.45) is 1.59. The van der Waals surface area contributed by atoms with Gasteiger partial charge in [0.1, 0.15) is 6.61 Å². The molecule has 0 amide bonds. The van der Waals surface area contributed by atoms with Crippen LogP contribution in [-0.4, -0.2) is 24.8 Å². The number of rotatable bonds is 5. The van der Waals surface area contributed by atoms with E-state index >= 15 is 0 Å². The van der Waals surface area contributed by atoms with Gasteiger partial charge in [-0.3, -0.25) is 0 Å². The maximum Gasteiger partial charge on any atom is 0.180 e. The number of hydrogen-bond acceptors (Lipinski definition) is 4. The molecular formula is C11H13ClN2O3. The first-order valence-corrected chi connectivity index (χ1v) is 5.11. The van der Waals surface area contributed by atoms with Crippen molar-refractivity contribution in [3.05, 3.63) is 35.4 Å². The van der Waals surface area contributed by atoms with E-state index in [4.69, 9.17) is 32.0 Å². The Labute approximate surface area is 104 Å². The van der Waals surface area contributed by atoms with Crippen molar-refractivity contribution >= 4 is 17.4 Å². The molecule has 6 heteroatoms. The Morgan fingerprint density at radius 1 is 1.65 bits per heavy atom. The molecule has 0 heterocycles. The van der Waals surface area contributed by atoms with Crippen LogP contribution < -0.4 is 15.2 Å². The highest BCUT2D eigenvalue weighted by atomic mass is 35.5. The second-order valence-corrected chi connectivity index (χ2v) is 3.48. The summed E-state index contributed by atoms with van der Waals surface area (Å²) < 4.78 is 10.5. The molecule has 0 unspecified atom stereocenters. The molecule has 1 aromatic rings. The van der Waals surface area contributed by atoms with Gasteiger partial charge in [0, 0.05) is 5.56 Å². The fourth-order valence-electron chi connectivity index (χ4n) is 1.21. The van der Waals surface area contributed by atoms with E-state index < -0.39 is 0 Å². The predicted octanol–water partition coefficient (Wildman–Crippen LogP) is 2.01. The average Bonchev–Trinajstić information content (AvgIpc) is 2.35. The maximum atomic E-state index is 8.59. The van der Waals surface area contributed by atoms with E-state index in [2.05, 4.69) is 11.7 Å².